The van der Waals surface area contributed by atoms with Gasteiger partial charge >= 0.3 is 0 Å². The highest BCUT2D eigenvalue weighted by Crippen LogP contribution is 2.33. The van der Waals surface area contributed by atoms with Crippen molar-refractivity contribution in [3.05, 3.63) is 17.8 Å². The zero-order valence-corrected chi connectivity index (χ0v) is 10.3. The number of anilines is 1. The van der Waals surface area contributed by atoms with Crippen LogP contribution in [0.2, 0.25) is 0 Å². The maximum atomic E-state index is 4.49. The maximum absolute atomic E-state index is 4.49. The quantitative estimate of drug-likeness (QED) is 0.824. The predicted octanol–water partition coefficient (Wildman–Crippen LogP) is 1.35. The second-order valence-electron chi connectivity index (χ2n) is 4.92. The molecule has 88 valence electrons. The molecule has 0 spiro atoms. The van der Waals surface area contributed by atoms with E-state index in [1.54, 1.807) is 17.7 Å². The normalized spacial score (nSPS) is 27.9. The van der Waals surface area contributed by atoms with E-state index in [9.17, 15) is 0 Å². The smallest absolute Gasteiger partial charge is 0.140 e. The fourth-order valence-electron chi connectivity index (χ4n) is 3.06. The molecule has 2 aromatic rings. The molecule has 2 aliphatic heterocycles. The molecule has 2 saturated heterocycles. The summed E-state index contributed by atoms with van der Waals surface area (Å²) in [5.41, 5.74) is 0. The van der Waals surface area contributed by atoms with Crippen molar-refractivity contribution < 1.29 is 0 Å². The first-order valence-electron chi connectivity index (χ1n) is 6.05. The van der Waals surface area contributed by atoms with Crippen LogP contribution in [0.4, 0.5) is 5.82 Å². The van der Waals surface area contributed by atoms with Crippen LogP contribution in [0.15, 0.2) is 17.8 Å². The van der Waals surface area contributed by atoms with Crippen LogP contribution in [0.5, 0.6) is 0 Å². The Morgan fingerprint density at radius 1 is 1.24 bits per heavy atom. The lowest BCUT2D eigenvalue weighted by molar-refractivity contribution is 0.533. The molecule has 17 heavy (non-hydrogen) atoms. The van der Waals surface area contributed by atoms with E-state index in [2.05, 4.69) is 31.6 Å². The van der Waals surface area contributed by atoms with Crippen molar-refractivity contribution >= 4 is 27.4 Å². The molecular weight excluding hydrogens is 232 g/mol. The van der Waals surface area contributed by atoms with Gasteiger partial charge in [-0.1, -0.05) is 0 Å². The van der Waals surface area contributed by atoms with Gasteiger partial charge in [0.2, 0.25) is 0 Å². The second-order valence-corrected chi connectivity index (χ2v) is 5.81. The van der Waals surface area contributed by atoms with Crippen molar-refractivity contribution in [2.24, 2.45) is 11.8 Å². The van der Waals surface area contributed by atoms with Crippen LogP contribution >= 0.6 is 11.3 Å². The molecule has 0 saturated carbocycles. The van der Waals surface area contributed by atoms with Crippen LogP contribution in [0.3, 0.4) is 0 Å². The number of aromatic nitrogens is 2. The Kier molecular flexibility index (Phi) is 2.10. The SMILES string of the molecule is c1nc(N2C[C@H]3CNC[C@H]3C2)c2ccsc2n1. The Labute approximate surface area is 104 Å². The van der Waals surface area contributed by atoms with Gasteiger partial charge in [0.1, 0.15) is 17.0 Å². The van der Waals surface area contributed by atoms with Crippen LogP contribution in [0.25, 0.3) is 10.2 Å². The standard InChI is InChI=1S/C12H14N4S/c1-2-17-12-10(1)11(14-7-15-12)16-5-8-3-13-4-9(8)6-16/h1-2,7-9,13H,3-6H2/t8-,9+. The molecule has 2 atom stereocenters. The summed E-state index contributed by atoms with van der Waals surface area (Å²) in [4.78, 5) is 12.3. The molecule has 0 aliphatic carbocycles. The molecule has 0 radical (unpaired) electrons. The zero-order valence-electron chi connectivity index (χ0n) is 9.47. The van der Waals surface area contributed by atoms with Gasteiger partial charge in [0.25, 0.3) is 0 Å². The van der Waals surface area contributed by atoms with E-state index in [1.165, 1.54) is 18.5 Å². The van der Waals surface area contributed by atoms with E-state index in [1.807, 2.05) is 0 Å². The van der Waals surface area contributed by atoms with E-state index in [0.29, 0.717) is 0 Å². The fourth-order valence-corrected chi connectivity index (χ4v) is 3.78. The summed E-state index contributed by atoms with van der Waals surface area (Å²) in [7, 11) is 0. The molecule has 4 nitrogen and oxygen atoms in total. The molecule has 4 heterocycles. The minimum Gasteiger partial charge on any atom is -0.355 e. The van der Waals surface area contributed by atoms with E-state index in [4.69, 9.17) is 0 Å². The van der Waals surface area contributed by atoms with Crippen molar-refractivity contribution in [1.29, 1.82) is 0 Å². The largest absolute Gasteiger partial charge is 0.355 e. The highest BCUT2D eigenvalue weighted by molar-refractivity contribution is 7.16. The molecular formula is C12H14N4S. The summed E-state index contributed by atoms with van der Waals surface area (Å²) in [6.45, 7) is 4.61. The van der Waals surface area contributed by atoms with Gasteiger partial charge in [0.05, 0.1) is 5.39 Å². The third-order valence-corrected chi connectivity index (χ3v) is 4.75. The monoisotopic (exact) mass is 246 g/mol. The maximum Gasteiger partial charge on any atom is 0.140 e. The lowest BCUT2D eigenvalue weighted by Gasteiger charge is -2.18. The van der Waals surface area contributed by atoms with E-state index < -0.39 is 0 Å². The van der Waals surface area contributed by atoms with Crippen LogP contribution in [-0.4, -0.2) is 36.1 Å². The molecule has 2 fully saturated rings. The third kappa shape index (κ3) is 1.46. The summed E-state index contributed by atoms with van der Waals surface area (Å²) in [6, 6.07) is 2.14. The number of nitrogens with one attached hydrogen (secondary N) is 1. The second kappa shape index (κ2) is 3.65. The van der Waals surface area contributed by atoms with E-state index >= 15 is 0 Å². The molecule has 2 aliphatic rings. The van der Waals surface area contributed by atoms with Gasteiger partial charge in [-0.3, -0.25) is 0 Å². The van der Waals surface area contributed by atoms with Gasteiger partial charge in [-0.25, -0.2) is 9.97 Å². The van der Waals surface area contributed by atoms with E-state index in [0.717, 1.165) is 35.6 Å². The Bertz CT molecular complexity index is 540. The molecule has 0 aromatic carbocycles. The zero-order chi connectivity index (χ0) is 11.2. The van der Waals surface area contributed by atoms with E-state index in [-0.39, 0.29) is 0 Å². The lowest BCUT2D eigenvalue weighted by atomic mass is 10.0. The topological polar surface area (TPSA) is 41.1 Å². The van der Waals surface area contributed by atoms with Crippen molar-refractivity contribution in [2.75, 3.05) is 31.1 Å². The summed E-state index contributed by atoms with van der Waals surface area (Å²) in [5, 5.41) is 6.78. The predicted molar refractivity (Wildman–Crippen MR) is 69.5 cm³/mol. The lowest BCUT2D eigenvalue weighted by Crippen LogP contribution is -2.26. The van der Waals surface area contributed by atoms with Gasteiger partial charge < -0.3 is 10.2 Å². The third-order valence-electron chi connectivity index (χ3n) is 3.93. The molecule has 0 unspecified atom stereocenters. The first-order valence-corrected chi connectivity index (χ1v) is 6.93. The van der Waals surface area contributed by atoms with Crippen molar-refractivity contribution in [1.82, 2.24) is 15.3 Å². The number of hydrogen-bond donors (Lipinski definition) is 1. The van der Waals surface area contributed by atoms with Crippen molar-refractivity contribution in [3.8, 4) is 0 Å². The summed E-state index contributed by atoms with van der Waals surface area (Å²) >= 11 is 1.69. The number of thiophene rings is 1. The molecule has 2 aromatic heterocycles. The highest BCUT2D eigenvalue weighted by atomic mass is 32.1. The number of nitrogens with zero attached hydrogens (tertiary/aromatic N) is 3. The average molecular weight is 246 g/mol. The van der Waals surface area contributed by atoms with Gasteiger partial charge in [-0.2, -0.15) is 0 Å². The Balaban J connectivity index is 1.73. The van der Waals surface area contributed by atoms with Crippen LogP contribution in [-0.2, 0) is 0 Å². The van der Waals surface area contributed by atoms with Crippen LogP contribution in [0.1, 0.15) is 0 Å². The number of fused-ring (bicyclic) bond motifs is 2. The van der Waals surface area contributed by atoms with Gasteiger partial charge in [-0.05, 0) is 23.3 Å². The number of hydrogen-bond acceptors (Lipinski definition) is 5. The molecule has 5 heteroatoms. The minimum atomic E-state index is 0.804. The van der Waals surface area contributed by atoms with Crippen molar-refractivity contribution in [2.45, 2.75) is 0 Å². The van der Waals surface area contributed by atoms with Crippen LogP contribution < -0.4 is 10.2 Å². The van der Waals surface area contributed by atoms with Crippen molar-refractivity contribution in [3.63, 3.8) is 0 Å². The molecule has 0 amide bonds. The Morgan fingerprint density at radius 3 is 2.88 bits per heavy atom. The summed E-state index contributed by atoms with van der Waals surface area (Å²) in [5.74, 6) is 2.74. The molecule has 4 rings (SSSR count). The highest BCUT2D eigenvalue weighted by Gasteiger charge is 2.37. The number of rotatable bonds is 1. The first kappa shape index (κ1) is 9.79. The Hall–Kier alpha value is -1.20. The average Bonchev–Trinajstić information content (AvgIpc) is 3.02. The Morgan fingerprint density at radius 2 is 2.06 bits per heavy atom. The van der Waals surface area contributed by atoms with Crippen LogP contribution in [0, 0.1) is 11.8 Å². The fraction of sp³-hybridized carbons (Fsp3) is 0.500. The molecule has 1 N–H and O–H groups in total. The molecule has 0 bridgehead atoms. The first-order chi connectivity index (χ1) is 8.42. The van der Waals surface area contributed by atoms with Gasteiger partial charge in [0, 0.05) is 26.2 Å². The van der Waals surface area contributed by atoms with Gasteiger partial charge in [-0.15, -0.1) is 11.3 Å². The minimum absolute atomic E-state index is 0.804. The summed E-state index contributed by atoms with van der Waals surface area (Å²) in [6.07, 6.45) is 1.69. The summed E-state index contributed by atoms with van der Waals surface area (Å²) < 4.78 is 0. The van der Waals surface area contributed by atoms with Gasteiger partial charge in [0.15, 0.2) is 0 Å².